The Hall–Kier alpha value is 0.600. The minimum Gasteiger partial charge on any atom is -0.119 e. The van der Waals surface area contributed by atoms with Crippen molar-refractivity contribution in [1.29, 1.82) is 0 Å². The summed E-state index contributed by atoms with van der Waals surface area (Å²) in [6, 6.07) is 0. The van der Waals surface area contributed by atoms with Crippen LogP contribution in [0.15, 0.2) is 0 Å². The van der Waals surface area contributed by atoms with Crippen LogP contribution in [-0.2, 0) is 13.6 Å². The molecule has 0 bridgehead atoms. The predicted molar refractivity (Wildman–Crippen MR) is 41.0 cm³/mol. The minimum absolute atomic E-state index is 0.202. The number of fused-ring (bicyclic) bond motifs is 1. The first-order valence-electron chi connectivity index (χ1n) is 3.23. The molecule has 2 aliphatic rings. The number of hydrogen-bond acceptors (Lipinski definition) is 3. The molecule has 1 saturated heterocycles. The van der Waals surface area contributed by atoms with Gasteiger partial charge in [-0.25, -0.2) is 0 Å². The van der Waals surface area contributed by atoms with Gasteiger partial charge >= 0.3 is 8.25 Å². The van der Waals surface area contributed by atoms with Crippen molar-refractivity contribution in [3.8, 4) is 0 Å². The summed E-state index contributed by atoms with van der Waals surface area (Å²) >= 11 is 11.7. The van der Waals surface area contributed by atoms with Gasteiger partial charge in [-0.3, -0.25) is 0 Å². The number of rotatable bonds is 0. The van der Waals surface area contributed by atoms with Gasteiger partial charge in [-0.1, -0.05) is 16.1 Å². The molecule has 1 aliphatic heterocycles. The zero-order valence-corrected chi connectivity index (χ0v) is 7.90. The topological polar surface area (TPSA) is 35.5 Å². The first-order chi connectivity index (χ1) is 5.13. The third kappa shape index (κ3) is 1.30. The van der Waals surface area contributed by atoms with E-state index in [4.69, 9.17) is 32.2 Å². The molecule has 1 saturated carbocycles. The molecule has 0 radical (unpaired) electrons. The molecular formula is C5H6Cl2O3P+. The zero-order valence-electron chi connectivity index (χ0n) is 5.50. The molecule has 4 unspecified atom stereocenters. The highest BCUT2D eigenvalue weighted by atomic mass is 35.5. The summed E-state index contributed by atoms with van der Waals surface area (Å²) in [7, 11) is -2.05. The second kappa shape index (κ2) is 2.54. The van der Waals surface area contributed by atoms with Crippen LogP contribution in [0.4, 0.5) is 0 Å². The van der Waals surface area contributed by atoms with Crippen molar-refractivity contribution in [2.24, 2.45) is 5.92 Å². The molecule has 2 fully saturated rings. The molecule has 0 aromatic rings. The number of alkyl halides is 2. The lowest BCUT2D eigenvalue weighted by Gasteiger charge is -2.05. The molecule has 3 nitrogen and oxygen atoms in total. The third-order valence-electron chi connectivity index (χ3n) is 2.01. The Morgan fingerprint density at radius 3 is 3.09 bits per heavy atom. The maximum atomic E-state index is 10.8. The Bertz CT molecular complexity index is 212. The Kier molecular flexibility index (Phi) is 1.90. The van der Waals surface area contributed by atoms with Crippen LogP contribution in [0.5, 0.6) is 0 Å². The van der Waals surface area contributed by atoms with Crippen LogP contribution in [0.2, 0.25) is 0 Å². The van der Waals surface area contributed by atoms with E-state index in [-0.39, 0.29) is 5.92 Å². The van der Waals surface area contributed by atoms with E-state index in [0.717, 1.165) is 6.42 Å². The van der Waals surface area contributed by atoms with Gasteiger partial charge in [0, 0.05) is 10.5 Å². The lowest BCUT2D eigenvalue weighted by Crippen LogP contribution is -2.18. The van der Waals surface area contributed by atoms with Crippen LogP contribution in [0.1, 0.15) is 6.42 Å². The van der Waals surface area contributed by atoms with Crippen molar-refractivity contribution >= 4 is 31.5 Å². The van der Waals surface area contributed by atoms with Crippen molar-refractivity contribution in [3.05, 3.63) is 0 Å². The summed E-state index contributed by atoms with van der Waals surface area (Å²) in [6.07, 6.45) is 0.784. The number of hydrogen-bond donors (Lipinski definition) is 0. The van der Waals surface area contributed by atoms with Gasteiger partial charge in [-0.15, -0.1) is 16.1 Å². The Labute approximate surface area is 74.9 Å². The molecule has 0 spiro atoms. The Morgan fingerprint density at radius 2 is 2.36 bits per heavy atom. The smallest absolute Gasteiger partial charge is 0.119 e. The van der Waals surface area contributed by atoms with Gasteiger partial charge in [0.05, 0.1) is 4.87 Å². The lowest BCUT2D eigenvalue weighted by molar-refractivity contribution is 0.228. The Morgan fingerprint density at radius 1 is 1.64 bits per heavy atom. The molecular weight excluding hydrogens is 210 g/mol. The van der Waals surface area contributed by atoms with Crippen molar-refractivity contribution in [2.75, 3.05) is 6.61 Å². The molecule has 4 atom stereocenters. The van der Waals surface area contributed by atoms with Crippen molar-refractivity contribution in [1.82, 2.24) is 0 Å². The fraction of sp³-hybridized carbons (Fsp3) is 1.00. The predicted octanol–water partition coefficient (Wildman–Crippen LogP) is 2.25. The Balaban J connectivity index is 2.13. The molecule has 1 heterocycles. The maximum Gasteiger partial charge on any atom is 0.699 e. The average molecular weight is 216 g/mol. The van der Waals surface area contributed by atoms with E-state index in [2.05, 4.69) is 0 Å². The molecule has 0 amide bonds. The highest BCUT2D eigenvalue weighted by Gasteiger charge is 2.64. The van der Waals surface area contributed by atoms with E-state index in [1.807, 2.05) is 0 Å². The van der Waals surface area contributed by atoms with Crippen LogP contribution < -0.4 is 0 Å². The van der Waals surface area contributed by atoms with Gasteiger partial charge in [0.1, 0.15) is 6.61 Å². The van der Waals surface area contributed by atoms with Crippen LogP contribution in [0, 0.1) is 5.92 Å². The van der Waals surface area contributed by atoms with Crippen molar-refractivity contribution < 1.29 is 13.6 Å². The molecule has 0 N–H and O–H groups in total. The summed E-state index contributed by atoms with van der Waals surface area (Å²) in [5.74, 6) is 0.202. The van der Waals surface area contributed by atoms with E-state index >= 15 is 0 Å². The fourth-order valence-corrected chi connectivity index (χ4v) is 2.66. The van der Waals surface area contributed by atoms with Gasteiger partial charge in [0.25, 0.3) is 0 Å². The molecule has 2 rings (SSSR count). The van der Waals surface area contributed by atoms with Gasteiger partial charge in [-0.05, 0) is 6.42 Å². The number of halogens is 2. The van der Waals surface area contributed by atoms with Crippen LogP contribution in [0.25, 0.3) is 0 Å². The van der Waals surface area contributed by atoms with Gasteiger partial charge in [0.15, 0.2) is 0 Å². The van der Waals surface area contributed by atoms with Crippen LogP contribution >= 0.6 is 31.5 Å². The second-order valence-corrected chi connectivity index (χ2v) is 4.78. The van der Waals surface area contributed by atoms with Gasteiger partial charge in [0.2, 0.25) is 5.56 Å². The highest BCUT2D eigenvalue weighted by Crippen LogP contribution is 2.58. The maximum absolute atomic E-state index is 10.8. The molecule has 6 heteroatoms. The minimum atomic E-state index is -2.05. The molecule has 62 valence electrons. The summed E-state index contributed by atoms with van der Waals surface area (Å²) in [5.41, 5.74) is -0.680. The van der Waals surface area contributed by atoms with Gasteiger partial charge in [-0.2, -0.15) is 0 Å². The molecule has 1 aliphatic carbocycles. The quantitative estimate of drug-likeness (QED) is 0.460. The fourth-order valence-electron chi connectivity index (χ4n) is 1.14. The van der Waals surface area contributed by atoms with E-state index in [1.165, 1.54) is 0 Å². The summed E-state index contributed by atoms with van der Waals surface area (Å²) < 4.78 is 20.4. The van der Waals surface area contributed by atoms with Gasteiger partial charge < -0.3 is 0 Å². The summed E-state index contributed by atoms with van der Waals surface area (Å²) in [4.78, 5) is -0.525. The van der Waals surface area contributed by atoms with E-state index in [0.29, 0.717) is 6.61 Å². The molecule has 0 aromatic heterocycles. The highest BCUT2D eigenvalue weighted by molar-refractivity contribution is 7.33. The first-order valence-corrected chi connectivity index (χ1v) is 5.14. The normalized spacial score (nSPS) is 53.1. The zero-order chi connectivity index (χ0) is 8.06. The lowest BCUT2D eigenvalue weighted by atomic mass is 10.3. The largest absolute Gasteiger partial charge is 0.699 e. The van der Waals surface area contributed by atoms with Crippen molar-refractivity contribution in [2.45, 2.75) is 16.9 Å². The van der Waals surface area contributed by atoms with E-state index < -0.39 is 18.7 Å². The SMILES string of the molecule is O=[P+]1OCC2CC2(Cl)C(Cl)O1. The standard InChI is InChI=1S/C5H6Cl2O3P/c6-4-5(7)1-3(5)2-9-11(8)10-4/h3-4H,1-2H2/q+1. The summed E-state index contributed by atoms with van der Waals surface area (Å²) in [5, 5.41) is 0. The van der Waals surface area contributed by atoms with E-state index in [9.17, 15) is 4.57 Å². The third-order valence-corrected chi connectivity index (χ3v) is 4.13. The van der Waals surface area contributed by atoms with Crippen LogP contribution in [-0.4, -0.2) is 17.0 Å². The van der Waals surface area contributed by atoms with Crippen molar-refractivity contribution in [3.63, 3.8) is 0 Å². The first kappa shape index (κ1) is 8.21. The van der Waals surface area contributed by atoms with E-state index in [1.54, 1.807) is 0 Å². The monoisotopic (exact) mass is 215 g/mol. The van der Waals surface area contributed by atoms with Crippen LogP contribution in [0.3, 0.4) is 0 Å². The average Bonchev–Trinajstić information content (AvgIpc) is 2.59. The second-order valence-electron chi connectivity index (χ2n) is 2.77. The summed E-state index contributed by atoms with van der Waals surface area (Å²) in [6.45, 7) is 0.391. The molecule has 0 aromatic carbocycles. The molecule has 11 heavy (non-hydrogen) atoms.